The smallest absolute Gasteiger partial charge is 0.427 e. The number of fused-ring (bicyclic) bond motifs is 1. The highest BCUT2D eigenvalue weighted by Crippen LogP contribution is 2.42. The number of nitrogens with zero attached hydrogens (tertiary/aromatic N) is 1. The molecule has 2 unspecified atom stereocenters. The molecule has 0 saturated carbocycles. The Labute approximate surface area is 155 Å². The van der Waals surface area contributed by atoms with E-state index < -0.39 is 23.5 Å². The maximum absolute atomic E-state index is 12.6. The Balaban J connectivity index is 2.07. The van der Waals surface area contributed by atoms with Crippen molar-refractivity contribution in [2.45, 2.75) is 12.5 Å². The molecule has 2 amide bonds. The maximum atomic E-state index is 12.6. The van der Waals surface area contributed by atoms with Gasteiger partial charge in [0.15, 0.2) is 5.60 Å². The largest absolute Gasteiger partial charge is 0.508 e. The van der Waals surface area contributed by atoms with E-state index in [-0.39, 0.29) is 11.5 Å². The number of carbonyl (C=O) groups is 2. The molecule has 0 bridgehead atoms. The van der Waals surface area contributed by atoms with Gasteiger partial charge in [-0.3, -0.25) is 4.79 Å². The number of carbonyl (C=O) groups excluding carboxylic acids is 2. The molecule has 0 fully saturated rings. The van der Waals surface area contributed by atoms with Gasteiger partial charge in [-0.15, -0.1) is 0 Å². The summed E-state index contributed by atoms with van der Waals surface area (Å²) in [5, 5.41) is 27.6. The van der Waals surface area contributed by atoms with Gasteiger partial charge in [0.05, 0.1) is 12.8 Å². The highest BCUT2D eigenvalue weighted by Gasteiger charge is 2.51. The molecular formula is C19H19N3O5. The number of anilines is 1. The van der Waals surface area contributed by atoms with Gasteiger partial charge in [0.2, 0.25) is 0 Å². The average molecular weight is 369 g/mol. The van der Waals surface area contributed by atoms with E-state index in [9.17, 15) is 19.8 Å². The van der Waals surface area contributed by atoms with Crippen molar-refractivity contribution < 1.29 is 24.5 Å². The lowest BCUT2D eigenvalue weighted by atomic mass is 9.78. The first-order valence-electron chi connectivity index (χ1n) is 8.22. The van der Waals surface area contributed by atoms with E-state index in [0.29, 0.717) is 16.8 Å². The number of phenols is 1. The monoisotopic (exact) mass is 369 g/mol. The summed E-state index contributed by atoms with van der Waals surface area (Å²) in [6.07, 6.45) is -0.790. The van der Waals surface area contributed by atoms with Gasteiger partial charge in [0.25, 0.3) is 5.91 Å². The van der Waals surface area contributed by atoms with E-state index in [0.717, 1.165) is 0 Å². The molecule has 140 valence electrons. The third kappa shape index (κ3) is 3.22. The van der Waals surface area contributed by atoms with Crippen molar-refractivity contribution >= 4 is 23.4 Å². The fourth-order valence-electron chi connectivity index (χ4n) is 3.09. The van der Waals surface area contributed by atoms with Crippen LogP contribution in [0.2, 0.25) is 0 Å². The Morgan fingerprint density at radius 1 is 1.22 bits per heavy atom. The van der Waals surface area contributed by atoms with Crippen LogP contribution in [0.3, 0.4) is 0 Å². The summed E-state index contributed by atoms with van der Waals surface area (Å²) in [6.45, 7) is 1.63. The van der Waals surface area contributed by atoms with Gasteiger partial charge in [0.1, 0.15) is 5.75 Å². The summed E-state index contributed by atoms with van der Waals surface area (Å²) in [5.41, 5.74) is 2.04. The van der Waals surface area contributed by atoms with E-state index in [1.54, 1.807) is 43.3 Å². The molecule has 0 saturated heterocycles. The molecule has 0 radical (unpaired) electrons. The van der Waals surface area contributed by atoms with Crippen molar-refractivity contribution in [1.29, 1.82) is 0 Å². The van der Waals surface area contributed by atoms with Crippen molar-refractivity contribution in [2.24, 2.45) is 11.0 Å². The Bertz CT molecular complexity index is 910. The van der Waals surface area contributed by atoms with Crippen molar-refractivity contribution in [3.63, 3.8) is 0 Å². The number of phenolic OH excluding ortho intramolecular Hbond substituents is 1. The van der Waals surface area contributed by atoms with Gasteiger partial charge in [-0.2, -0.15) is 5.10 Å². The number of aliphatic hydroxyl groups is 1. The van der Waals surface area contributed by atoms with Gasteiger partial charge in [-0.05, 0) is 35.9 Å². The lowest BCUT2D eigenvalue weighted by molar-refractivity contribution is -0.136. The highest BCUT2D eigenvalue weighted by atomic mass is 16.5. The standard InChI is InChI=1S/C19H19N3O5/c1-11(19(26)14-5-3-4-6-15(14)20-17(19)24)16(21-22-18(25)27-2)12-7-9-13(23)10-8-12/h3-11,23,26H,1-2H3,(H,20,24)(H,22,25). The second kappa shape index (κ2) is 7.08. The van der Waals surface area contributed by atoms with E-state index >= 15 is 0 Å². The second-order valence-electron chi connectivity index (χ2n) is 6.14. The predicted molar refractivity (Wildman–Crippen MR) is 98.3 cm³/mol. The number of aromatic hydroxyl groups is 1. The minimum absolute atomic E-state index is 0.0503. The number of rotatable bonds is 4. The van der Waals surface area contributed by atoms with E-state index in [2.05, 4.69) is 20.6 Å². The quantitative estimate of drug-likeness (QED) is 0.485. The zero-order valence-electron chi connectivity index (χ0n) is 14.8. The van der Waals surface area contributed by atoms with Crippen LogP contribution >= 0.6 is 0 Å². The third-order valence-electron chi connectivity index (χ3n) is 4.58. The van der Waals surface area contributed by atoms with E-state index in [1.165, 1.54) is 19.2 Å². The SMILES string of the molecule is COC(=O)NN=C(c1ccc(O)cc1)C(C)C1(O)C(=O)Nc2ccccc21. The summed E-state index contributed by atoms with van der Waals surface area (Å²) in [5.74, 6) is -1.36. The summed E-state index contributed by atoms with van der Waals surface area (Å²) in [7, 11) is 1.20. The molecule has 4 N–H and O–H groups in total. The Morgan fingerprint density at radius 3 is 2.56 bits per heavy atom. The van der Waals surface area contributed by atoms with Crippen molar-refractivity contribution in [1.82, 2.24) is 5.43 Å². The molecule has 2 aromatic carbocycles. The highest BCUT2D eigenvalue weighted by molar-refractivity contribution is 6.12. The van der Waals surface area contributed by atoms with Gasteiger partial charge in [0, 0.05) is 17.2 Å². The predicted octanol–water partition coefficient (Wildman–Crippen LogP) is 1.93. The van der Waals surface area contributed by atoms with Crippen LogP contribution in [0.25, 0.3) is 0 Å². The van der Waals surface area contributed by atoms with Crippen LogP contribution < -0.4 is 10.7 Å². The molecule has 0 aromatic heterocycles. The third-order valence-corrected chi connectivity index (χ3v) is 4.58. The molecule has 1 aliphatic rings. The van der Waals surface area contributed by atoms with Gasteiger partial charge in [-0.25, -0.2) is 10.2 Å². The van der Waals surface area contributed by atoms with Crippen LogP contribution in [0.1, 0.15) is 18.1 Å². The van der Waals surface area contributed by atoms with Gasteiger partial charge < -0.3 is 20.3 Å². The van der Waals surface area contributed by atoms with Crippen LogP contribution in [0.15, 0.2) is 53.6 Å². The number of hydrogen-bond donors (Lipinski definition) is 4. The van der Waals surface area contributed by atoms with Gasteiger partial charge in [-0.1, -0.05) is 25.1 Å². The number of amides is 2. The Kier molecular flexibility index (Phi) is 4.83. The van der Waals surface area contributed by atoms with Crippen molar-refractivity contribution in [2.75, 3.05) is 12.4 Å². The van der Waals surface area contributed by atoms with E-state index in [1.807, 2.05) is 0 Å². The van der Waals surface area contributed by atoms with Crippen molar-refractivity contribution in [3.8, 4) is 5.75 Å². The zero-order valence-corrected chi connectivity index (χ0v) is 14.8. The summed E-state index contributed by atoms with van der Waals surface area (Å²) in [4.78, 5) is 24.1. The van der Waals surface area contributed by atoms with Crippen LogP contribution in [-0.4, -0.2) is 35.0 Å². The molecule has 8 nitrogen and oxygen atoms in total. The first-order chi connectivity index (χ1) is 12.9. The van der Waals surface area contributed by atoms with E-state index in [4.69, 9.17) is 0 Å². The molecule has 1 heterocycles. The number of methoxy groups -OCH3 is 1. The van der Waals surface area contributed by atoms with Crippen LogP contribution in [0.4, 0.5) is 10.5 Å². The molecule has 1 aliphatic heterocycles. The number of para-hydroxylation sites is 1. The molecule has 2 atom stereocenters. The number of hydrazone groups is 1. The number of benzene rings is 2. The molecule has 2 aromatic rings. The Morgan fingerprint density at radius 2 is 1.89 bits per heavy atom. The Hall–Kier alpha value is -3.39. The summed E-state index contributed by atoms with van der Waals surface area (Å²) >= 11 is 0. The first-order valence-corrected chi connectivity index (χ1v) is 8.22. The lowest BCUT2D eigenvalue weighted by Gasteiger charge is -2.29. The number of nitrogens with one attached hydrogen (secondary N) is 2. The van der Waals surface area contributed by atoms with Gasteiger partial charge >= 0.3 is 6.09 Å². The minimum atomic E-state index is -1.88. The normalized spacial score (nSPS) is 19.8. The fourth-order valence-corrected chi connectivity index (χ4v) is 3.09. The average Bonchev–Trinajstić information content (AvgIpc) is 2.94. The molecule has 27 heavy (non-hydrogen) atoms. The number of ether oxygens (including phenoxy) is 1. The van der Waals surface area contributed by atoms with Crippen LogP contribution in [0.5, 0.6) is 5.75 Å². The van der Waals surface area contributed by atoms with Crippen LogP contribution in [-0.2, 0) is 15.1 Å². The molecule has 3 rings (SSSR count). The number of hydrogen-bond acceptors (Lipinski definition) is 6. The zero-order chi connectivity index (χ0) is 19.6. The topological polar surface area (TPSA) is 120 Å². The molecule has 8 heteroatoms. The maximum Gasteiger partial charge on any atom is 0.427 e. The first kappa shape index (κ1) is 18.4. The lowest BCUT2D eigenvalue weighted by Crippen LogP contribution is -2.44. The molecular weight excluding hydrogens is 350 g/mol. The second-order valence-corrected chi connectivity index (χ2v) is 6.14. The summed E-state index contributed by atoms with van der Waals surface area (Å²) in [6, 6.07) is 12.9. The van der Waals surface area contributed by atoms with Crippen LogP contribution in [0, 0.1) is 5.92 Å². The minimum Gasteiger partial charge on any atom is -0.508 e. The fraction of sp³-hybridized carbons (Fsp3) is 0.211. The molecule has 0 spiro atoms. The van der Waals surface area contributed by atoms with Crippen molar-refractivity contribution in [3.05, 3.63) is 59.7 Å². The molecule has 0 aliphatic carbocycles. The summed E-state index contributed by atoms with van der Waals surface area (Å²) < 4.78 is 4.52.